The van der Waals surface area contributed by atoms with E-state index in [-0.39, 0.29) is 24.0 Å². The number of guanidine groups is 1. The van der Waals surface area contributed by atoms with E-state index in [1.807, 2.05) is 24.1 Å². The average molecular weight is 480 g/mol. The lowest BCUT2D eigenvalue weighted by molar-refractivity contribution is 0.476. The molecule has 0 saturated heterocycles. The smallest absolute Gasteiger partial charge is 0.194 e. The van der Waals surface area contributed by atoms with Crippen LogP contribution in [0.5, 0.6) is 0 Å². The second kappa shape index (κ2) is 10.3. The van der Waals surface area contributed by atoms with Gasteiger partial charge < -0.3 is 15.1 Å². The molecule has 0 spiro atoms. The monoisotopic (exact) mass is 480 g/mol. The van der Waals surface area contributed by atoms with Crippen LogP contribution in [0.2, 0.25) is 0 Å². The quantitative estimate of drug-likeness (QED) is 0.299. The van der Waals surface area contributed by atoms with Gasteiger partial charge in [0.2, 0.25) is 0 Å². The zero-order chi connectivity index (χ0) is 18.4. The van der Waals surface area contributed by atoms with Crippen molar-refractivity contribution < 1.29 is 0 Å². The zero-order valence-corrected chi connectivity index (χ0v) is 18.6. The molecule has 0 atom stereocenters. The van der Waals surface area contributed by atoms with Crippen molar-refractivity contribution in [3.05, 3.63) is 59.9 Å². The number of benzene rings is 1. The van der Waals surface area contributed by atoms with Gasteiger partial charge in [0.15, 0.2) is 5.96 Å². The maximum absolute atomic E-state index is 4.79. The summed E-state index contributed by atoms with van der Waals surface area (Å²) in [7, 11) is 3.99. The molecular formula is C20H29IN6. The predicted octanol–water partition coefficient (Wildman–Crippen LogP) is 3.01. The van der Waals surface area contributed by atoms with Crippen molar-refractivity contribution in [1.29, 1.82) is 0 Å². The van der Waals surface area contributed by atoms with E-state index >= 15 is 0 Å². The summed E-state index contributed by atoms with van der Waals surface area (Å²) in [5.74, 6) is 0.907. The van der Waals surface area contributed by atoms with Crippen LogP contribution in [-0.4, -0.2) is 47.3 Å². The van der Waals surface area contributed by atoms with E-state index in [1.165, 1.54) is 16.8 Å². The number of aromatic nitrogens is 2. The third-order valence-corrected chi connectivity index (χ3v) is 4.41. The van der Waals surface area contributed by atoms with Crippen LogP contribution >= 0.6 is 24.0 Å². The first kappa shape index (κ1) is 21.3. The van der Waals surface area contributed by atoms with E-state index in [0.717, 1.165) is 32.1 Å². The number of aliphatic imine (C=N–C) groups is 1. The standard InChI is InChI=1S/C20H28N6.HI/c1-4-21-20(24(2)15-18-14-23-25(3)16-18)22-13-17-7-9-19(10-8-17)26-11-5-6-12-26;/h5-10,14,16H,4,11-13,15H2,1-3H3,(H,21,22);1H. The molecule has 0 unspecified atom stereocenters. The maximum Gasteiger partial charge on any atom is 0.194 e. The van der Waals surface area contributed by atoms with Gasteiger partial charge >= 0.3 is 0 Å². The second-order valence-electron chi connectivity index (χ2n) is 6.59. The number of anilines is 1. The van der Waals surface area contributed by atoms with Crippen molar-refractivity contribution >= 4 is 35.6 Å². The molecule has 3 rings (SSSR count). The number of hydrogen-bond donors (Lipinski definition) is 1. The number of hydrogen-bond acceptors (Lipinski definition) is 3. The summed E-state index contributed by atoms with van der Waals surface area (Å²) in [6, 6.07) is 8.71. The highest BCUT2D eigenvalue weighted by Crippen LogP contribution is 2.18. The van der Waals surface area contributed by atoms with Crippen LogP contribution in [-0.2, 0) is 20.1 Å². The van der Waals surface area contributed by atoms with Crippen LogP contribution in [0.4, 0.5) is 5.69 Å². The summed E-state index contributed by atoms with van der Waals surface area (Å²) in [6.45, 7) is 6.38. The molecule has 0 bridgehead atoms. The van der Waals surface area contributed by atoms with Gasteiger partial charge in [-0.25, -0.2) is 4.99 Å². The molecule has 0 fully saturated rings. The van der Waals surface area contributed by atoms with Crippen LogP contribution in [0.25, 0.3) is 0 Å². The largest absolute Gasteiger partial charge is 0.364 e. The number of rotatable bonds is 6. The molecule has 1 aromatic heterocycles. The molecule has 27 heavy (non-hydrogen) atoms. The summed E-state index contributed by atoms with van der Waals surface area (Å²) in [6.07, 6.45) is 8.34. The van der Waals surface area contributed by atoms with Crippen molar-refractivity contribution in [2.45, 2.75) is 20.0 Å². The highest BCUT2D eigenvalue weighted by molar-refractivity contribution is 14.0. The molecule has 2 aromatic rings. The van der Waals surface area contributed by atoms with Crippen molar-refractivity contribution in [1.82, 2.24) is 20.0 Å². The Bertz CT molecular complexity index is 757. The van der Waals surface area contributed by atoms with E-state index in [9.17, 15) is 0 Å². The summed E-state index contributed by atoms with van der Waals surface area (Å²) in [5, 5.41) is 7.60. The van der Waals surface area contributed by atoms with Crippen molar-refractivity contribution in [3.8, 4) is 0 Å². The molecule has 6 nitrogen and oxygen atoms in total. The third kappa shape index (κ3) is 5.98. The zero-order valence-electron chi connectivity index (χ0n) is 16.3. The fourth-order valence-corrected chi connectivity index (χ4v) is 3.04. The lowest BCUT2D eigenvalue weighted by atomic mass is 10.2. The lowest BCUT2D eigenvalue weighted by Crippen LogP contribution is -2.38. The van der Waals surface area contributed by atoms with Crippen molar-refractivity contribution in [2.24, 2.45) is 12.0 Å². The fourth-order valence-electron chi connectivity index (χ4n) is 3.04. The molecule has 0 radical (unpaired) electrons. The average Bonchev–Trinajstić information content (AvgIpc) is 3.31. The van der Waals surface area contributed by atoms with E-state index in [1.54, 1.807) is 0 Å². The second-order valence-corrected chi connectivity index (χ2v) is 6.59. The van der Waals surface area contributed by atoms with Gasteiger partial charge in [0.25, 0.3) is 0 Å². The van der Waals surface area contributed by atoms with Crippen LogP contribution in [0, 0.1) is 0 Å². The molecule has 1 aliphatic rings. The minimum absolute atomic E-state index is 0. The van der Waals surface area contributed by atoms with Gasteiger partial charge in [-0.05, 0) is 24.6 Å². The summed E-state index contributed by atoms with van der Waals surface area (Å²) in [5.41, 5.74) is 3.65. The molecule has 1 aromatic carbocycles. The topological polar surface area (TPSA) is 48.7 Å². The van der Waals surface area contributed by atoms with Crippen LogP contribution in [0.1, 0.15) is 18.1 Å². The first-order valence-corrected chi connectivity index (χ1v) is 9.11. The van der Waals surface area contributed by atoms with Gasteiger partial charge in [-0.3, -0.25) is 4.68 Å². The third-order valence-electron chi connectivity index (χ3n) is 4.41. The minimum atomic E-state index is 0. The number of halogens is 1. The van der Waals surface area contributed by atoms with Crippen molar-refractivity contribution in [3.63, 3.8) is 0 Å². The molecule has 146 valence electrons. The van der Waals surface area contributed by atoms with E-state index in [0.29, 0.717) is 6.54 Å². The van der Waals surface area contributed by atoms with Gasteiger partial charge in [0.1, 0.15) is 0 Å². The Kier molecular flexibility index (Phi) is 8.15. The van der Waals surface area contributed by atoms with Gasteiger partial charge in [-0.15, -0.1) is 24.0 Å². The number of nitrogens with zero attached hydrogens (tertiary/aromatic N) is 5. The molecule has 0 amide bonds. The molecule has 1 aliphatic heterocycles. The lowest BCUT2D eigenvalue weighted by Gasteiger charge is -2.21. The maximum atomic E-state index is 4.79. The molecule has 1 N–H and O–H groups in total. The Morgan fingerprint density at radius 2 is 1.89 bits per heavy atom. The van der Waals surface area contributed by atoms with Crippen LogP contribution < -0.4 is 10.2 Å². The van der Waals surface area contributed by atoms with Crippen LogP contribution in [0.15, 0.2) is 53.8 Å². The minimum Gasteiger partial charge on any atom is -0.364 e. The van der Waals surface area contributed by atoms with E-state index < -0.39 is 0 Å². The number of nitrogens with one attached hydrogen (secondary N) is 1. The highest BCUT2D eigenvalue weighted by atomic mass is 127. The Morgan fingerprint density at radius 1 is 1.19 bits per heavy atom. The summed E-state index contributed by atoms with van der Waals surface area (Å²) < 4.78 is 1.82. The first-order valence-electron chi connectivity index (χ1n) is 9.11. The molecule has 7 heteroatoms. The van der Waals surface area contributed by atoms with Crippen LogP contribution in [0.3, 0.4) is 0 Å². The van der Waals surface area contributed by atoms with Gasteiger partial charge in [-0.2, -0.15) is 5.10 Å². The Labute approximate surface area is 179 Å². The van der Waals surface area contributed by atoms with E-state index in [4.69, 9.17) is 4.99 Å². The Hall–Kier alpha value is -2.03. The molecule has 0 aliphatic carbocycles. The normalized spacial score (nSPS) is 13.6. The SMILES string of the molecule is CCNC(=NCc1ccc(N2CC=CC2)cc1)N(C)Cc1cnn(C)c1.I. The van der Waals surface area contributed by atoms with Gasteiger partial charge in [0.05, 0.1) is 12.7 Å². The molecule has 0 saturated carbocycles. The number of aryl methyl sites for hydroxylation is 1. The Balaban J connectivity index is 0.00000261. The highest BCUT2D eigenvalue weighted by Gasteiger charge is 2.09. The van der Waals surface area contributed by atoms with Gasteiger partial charge in [0, 0.05) is 57.7 Å². The fraction of sp³-hybridized carbons (Fsp3) is 0.400. The van der Waals surface area contributed by atoms with E-state index in [2.05, 4.69) is 70.6 Å². The Morgan fingerprint density at radius 3 is 2.48 bits per heavy atom. The van der Waals surface area contributed by atoms with Crippen molar-refractivity contribution in [2.75, 3.05) is 31.6 Å². The van der Waals surface area contributed by atoms with Gasteiger partial charge in [-0.1, -0.05) is 24.3 Å². The first-order chi connectivity index (χ1) is 12.7. The predicted molar refractivity (Wildman–Crippen MR) is 123 cm³/mol. The molecule has 2 heterocycles. The molecular weight excluding hydrogens is 451 g/mol. The summed E-state index contributed by atoms with van der Waals surface area (Å²) >= 11 is 0. The summed E-state index contributed by atoms with van der Waals surface area (Å²) in [4.78, 5) is 9.27.